The number of amides is 1. The normalized spacial score (nSPS) is 11.9. The van der Waals surface area contributed by atoms with Crippen molar-refractivity contribution < 1.29 is 17.9 Å². The van der Waals surface area contributed by atoms with E-state index in [1.165, 1.54) is 18.2 Å². The summed E-state index contributed by atoms with van der Waals surface area (Å²) in [6.07, 6.45) is -0.853. The zero-order chi connectivity index (χ0) is 23.1. The molecule has 0 bridgehead atoms. The first-order chi connectivity index (χ1) is 15.3. The third-order valence-corrected chi connectivity index (χ3v) is 5.96. The molecule has 7 nitrogen and oxygen atoms in total. The Morgan fingerprint density at radius 2 is 1.59 bits per heavy atom. The molecule has 1 amide bonds. The molecule has 3 rings (SSSR count). The molecular weight excluding hydrogens is 426 g/mol. The fourth-order valence-electron chi connectivity index (χ4n) is 2.98. The summed E-state index contributed by atoms with van der Waals surface area (Å²) in [5, 5.41) is 12.0. The molecule has 0 spiro atoms. The summed E-state index contributed by atoms with van der Waals surface area (Å²) in [6.45, 7) is 3.67. The van der Waals surface area contributed by atoms with Crippen LogP contribution in [-0.4, -0.2) is 20.4 Å². The maximum atomic E-state index is 12.9. The monoisotopic (exact) mass is 449 g/mol. The van der Waals surface area contributed by atoms with Gasteiger partial charge < -0.3 is 10.1 Å². The van der Waals surface area contributed by atoms with Gasteiger partial charge in [0.25, 0.3) is 15.9 Å². The molecule has 0 aliphatic carbocycles. The van der Waals surface area contributed by atoms with Crippen molar-refractivity contribution in [3.8, 4) is 11.8 Å². The Morgan fingerprint density at radius 1 is 0.938 bits per heavy atom. The highest BCUT2D eigenvalue weighted by atomic mass is 32.2. The lowest BCUT2D eigenvalue weighted by atomic mass is 10.1. The lowest BCUT2D eigenvalue weighted by Crippen LogP contribution is -2.37. The van der Waals surface area contributed by atoms with Gasteiger partial charge in [-0.2, -0.15) is 5.26 Å². The maximum Gasteiger partial charge on any atom is 0.265 e. The SMILES string of the molecule is CC(C)C(Oc1ccccc1C#N)C(=O)Nc1cccc(NS(=O)(=O)c2ccccc2)c1. The van der Waals surface area contributed by atoms with Crippen LogP contribution >= 0.6 is 0 Å². The van der Waals surface area contributed by atoms with Crippen LogP contribution in [-0.2, 0) is 14.8 Å². The van der Waals surface area contributed by atoms with Crippen molar-refractivity contribution in [2.24, 2.45) is 5.92 Å². The summed E-state index contributed by atoms with van der Waals surface area (Å²) in [6, 6.07) is 23.2. The summed E-state index contributed by atoms with van der Waals surface area (Å²) in [4.78, 5) is 13.1. The van der Waals surface area contributed by atoms with Crippen molar-refractivity contribution in [1.29, 1.82) is 5.26 Å². The molecule has 0 fully saturated rings. The molecule has 0 heterocycles. The van der Waals surface area contributed by atoms with Crippen molar-refractivity contribution in [1.82, 2.24) is 0 Å². The van der Waals surface area contributed by atoms with E-state index >= 15 is 0 Å². The van der Waals surface area contributed by atoms with Crippen molar-refractivity contribution in [3.63, 3.8) is 0 Å². The second-order valence-electron chi connectivity index (χ2n) is 7.38. The number of sulfonamides is 1. The first-order valence-corrected chi connectivity index (χ1v) is 11.4. The Hall–Kier alpha value is -3.83. The van der Waals surface area contributed by atoms with E-state index in [-0.39, 0.29) is 10.8 Å². The molecule has 8 heteroatoms. The van der Waals surface area contributed by atoms with Gasteiger partial charge in [0.1, 0.15) is 11.8 Å². The van der Waals surface area contributed by atoms with Gasteiger partial charge in [0.15, 0.2) is 6.10 Å². The van der Waals surface area contributed by atoms with Crippen LogP contribution in [0.3, 0.4) is 0 Å². The summed E-state index contributed by atoms with van der Waals surface area (Å²) in [5.41, 5.74) is 1.05. The average Bonchev–Trinajstić information content (AvgIpc) is 2.78. The number of hydrogen-bond acceptors (Lipinski definition) is 5. The molecule has 0 aliphatic heterocycles. The zero-order valence-electron chi connectivity index (χ0n) is 17.6. The number of carbonyl (C=O) groups is 1. The molecule has 1 unspecified atom stereocenters. The van der Waals surface area contributed by atoms with Gasteiger partial charge in [-0.25, -0.2) is 8.42 Å². The molecule has 0 aromatic heterocycles. The number of nitrogens with one attached hydrogen (secondary N) is 2. The fraction of sp³-hybridized carbons (Fsp3) is 0.167. The second-order valence-corrected chi connectivity index (χ2v) is 9.06. The first-order valence-electron chi connectivity index (χ1n) is 9.95. The molecule has 32 heavy (non-hydrogen) atoms. The Balaban J connectivity index is 1.76. The summed E-state index contributed by atoms with van der Waals surface area (Å²) < 4.78 is 33.5. The van der Waals surface area contributed by atoms with E-state index < -0.39 is 22.0 Å². The van der Waals surface area contributed by atoms with E-state index in [9.17, 15) is 18.5 Å². The first kappa shape index (κ1) is 22.8. The van der Waals surface area contributed by atoms with Crippen molar-refractivity contribution >= 4 is 27.3 Å². The van der Waals surface area contributed by atoms with Gasteiger partial charge in [0.05, 0.1) is 16.1 Å². The van der Waals surface area contributed by atoms with E-state index in [1.807, 2.05) is 19.9 Å². The average molecular weight is 450 g/mol. The minimum atomic E-state index is -3.75. The number of ether oxygens (including phenoxy) is 1. The van der Waals surface area contributed by atoms with Gasteiger partial charge in [-0.3, -0.25) is 9.52 Å². The van der Waals surface area contributed by atoms with Gasteiger partial charge in [0, 0.05) is 5.69 Å². The van der Waals surface area contributed by atoms with Gasteiger partial charge >= 0.3 is 0 Å². The molecule has 2 N–H and O–H groups in total. The van der Waals surface area contributed by atoms with Crippen molar-refractivity contribution in [3.05, 3.63) is 84.4 Å². The van der Waals surface area contributed by atoms with Gasteiger partial charge in [0.2, 0.25) is 0 Å². The third kappa shape index (κ3) is 5.65. The van der Waals surface area contributed by atoms with E-state index in [4.69, 9.17) is 4.74 Å². The largest absolute Gasteiger partial charge is 0.479 e. The summed E-state index contributed by atoms with van der Waals surface area (Å²) >= 11 is 0. The molecule has 3 aromatic rings. The van der Waals surface area contributed by atoms with Crippen LogP contribution in [0, 0.1) is 17.2 Å². The number of nitrogens with zero attached hydrogens (tertiary/aromatic N) is 1. The van der Waals surface area contributed by atoms with E-state index in [0.717, 1.165) is 0 Å². The molecule has 0 aliphatic rings. The van der Waals surface area contributed by atoms with Gasteiger partial charge in [-0.15, -0.1) is 0 Å². The predicted molar refractivity (Wildman–Crippen MR) is 123 cm³/mol. The van der Waals surface area contributed by atoms with Crippen LogP contribution in [0.4, 0.5) is 11.4 Å². The second kappa shape index (κ2) is 9.98. The molecular formula is C24H23N3O4S. The molecule has 0 saturated heterocycles. The Morgan fingerprint density at radius 3 is 2.28 bits per heavy atom. The van der Waals surface area contributed by atoms with Crippen LogP contribution in [0.2, 0.25) is 0 Å². The molecule has 0 saturated carbocycles. The highest BCUT2D eigenvalue weighted by Crippen LogP contribution is 2.23. The highest BCUT2D eigenvalue weighted by molar-refractivity contribution is 7.92. The minimum absolute atomic E-state index is 0.138. The number of benzene rings is 3. The lowest BCUT2D eigenvalue weighted by molar-refractivity contribution is -0.124. The van der Waals surface area contributed by atoms with E-state index in [2.05, 4.69) is 10.0 Å². The third-order valence-electron chi connectivity index (χ3n) is 4.56. The zero-order valence-corrected chi connectivity index (χ0v) is 18.5. The van der Waals surface area contributed by atoms with Crippen molar-refractivity contribution in [2.75, 3.05) is 10.0 Å². The number of anilines is 2. The van der Waals surface area contributed by atoms with Crippen LogP contribution < -0.4 is 14.8 Å². The Kier molecular flexibility index (Phi) is 7.13. The predicted octanol–water partition coefficient (Wildman–Crippen LogP) is 4.40. The van der Waals surface area contributed by atoms with Crippen LogP contribution in [0.15, 0.2) is 83.8 Å². The molecule has 164 valence electrons. The molecule has 3 aromatic carbocycles. The lowest BCUT2D eigenvalue weighted by Gasteiger charge is -2.22. The van der Waals surface area contributed by atoms with Crippen LogP contribution in [0.1, 0.15) is 19.4 Å². The quantitative estimate of drug-likeness (QED) is 0.530. The van der Waals surface area contributed by atoms with E-state index in [0.29, 0.717) is 22.7 Å². The summed E-state index contributed by atoms with van der Waals surface area (Å²) in [5.74, 6) is -0.259. The summed E-state index contributed by atoms with van der Waals surface area (Å²) in [7, 11) is -3.75. The smallest absolute Gasteiger partial charge is 0.265 e. The topological polar surface area (TPSA) is 108 Å². The number of para-hydroxylation sites is 1. The molecule has 0 radical (unpaired) electrons. The number of nitriles is 1. The van der Waals surface area contributed by atoms with Gasteiger partial charge in [-0.1, -0.05) is 50.2 Å². The van der Waals surface area contributed by atoms with Crippen LogP contribution in [0.25, 0.3) is 0 Å². The van der Waals surface area contributed by atoms with Crippen molar-refractivity contribution in [2.45, 2.75) is 24.8 Å². The Bertz CT molecular complexity index is 1240. The number of rotatable bonds is 8. The van der Waals surface area contributed by atoms with Crippen LogP contribution in [0.5, 0.6) is 5.75 Å². The van der Waals surface area contributed by atoms with E-state index in [1.54, 1.807) is 60.7 Å². The number of carbonyl (C=O) groups excluding carboxylic acids is 1. The Labute approximate surface area is 187 Å². The highest BCUT2D eigenvalue weighted by Gasteiger charge is 2.25. The standard InChI is InChI=1S/C24H23N3O4S/c1-17(2)23(31-22-14-7-6-9-18(22)16-25)24(28)26-19-10-8-11-20(15-19)27-32(29,30)21-12-4-3-5-13-21/h3-15,17,23,27H,1-2H3,(H,26,28). The molecule has 1 atom stereocenters. The van der Waals surface area contributed by atoms with Gasteiger partial charge in [-0.05, 0) is 48.4 Å². The maximum absolute atomic E-state index is 12.9. The number of hydrogen-bond donors (Lipinski definition) is 2. The minimum Gasteiger partial charge on any atom is -0.479 e. The fourth-order valence-corrected chi connectivity index (χ4v) is 4.05.